The molecule has 0 radical (unpaired) electrons. The predicted octanol–water partition coefficient (Wildman–Crippen LogP) is 4.03. The Kier molecular flexibility index (Phi) is 12.0. The van der Waals surface area contributed by atoms with E-state index in [0.717, 1.165) is 16.9 Å². The molecule has 0 saturated heterocycles. The summed E-state index contributed by atoms with van der Waals surface area (Å²) in [6, 6.07) is 22.0. The van der Waals surface area contributed by atoms with Crippen LogP contribution in [0.1, 0.15) is 52.6 Å². The number of rotatable bonds is 15. The minimum absolute atomic E-state index is 0.139. The molecule has 214 valence electrons. The molecule has 0 fully saturated rings. The van der Waals surface area contributed by atoms with Gasteiger partial charge in [0.1, 0.15) is 11.5 Å². The highest BCUT2D eigenvalue weighted by atomic mass is 16.5. The molecule has 0 aliphatic rings. The quantitative estimate of drug-likeness (QED) is 0.266. The maximum Gasteiger partial charge on any atom is 0.253 e. The molecular weight excluding hydrogens is 504 g/mol. The highest BCUT2D eigenvalue weighted by molar-refractivity contribution is 6.00. The Labute approximate surface area is 237 Å². The van der Waals surface area contributed by atoms with Gasteiger partial charge in [0.05, 0.1) is 13.7 Å². The molecule has 2 atom stereocenters. The highest BCUT2D eigenvalue weighted by Crippen LogP contribution is 2.20. The third-order valence-corrected chi connectivity index (χ3v) is 6.75. The van der Waals surface area contributed by atoms with E-state index in [2.05, 4.69) is 10.6 Å². The lowest BCUT2D eigenvalue weighted by Gasteiger charge is -2.26. The minimum atomic E-state index is -0.374. The van der Waals surface area contributed by atoms with Gasteiger partial charge >= 0.3 is 0 Å². The number of amides is 2. The fourth-order valence-corrected chi connectivity index (χ4v) is 4.53. The van der Waals surface area contributed by atoms with Crippen LogP contribution in [0.3, 0.4) is 0 Å². The summed E-state index contributed by atoms with van der Waals surface area (Å²) in [6.07, 6.45) is 0.560. The topological polar surface area (TPSA) is 106 Å². The summed E-state index contributed by atoms with van der Waals surface area (Å²) in [5.74, 6) is 0.833. The van der Waals surface area contributed by atoms with E-state index in [9.17, 15) is 9.59 Å². The molecule has 0 spiro atoms. The van der Waals surface area contributed by atoms with Crippen molar-refractivity contribution in [2.75, 3.05) is 33.4 Å². The van der Waals surface area contributed by atoms with Crippen molar-refractivity contribution in [2.45, 2.75) is 45.8 Å². The van der Waals surface area contributed by atoms with Gasteiger partial charge in [-0.05, 0) is 68.7 Å². The van der Waals surface area contributed by atoms with Crippen LogP contribution in [0.15, 0.2) is 72.8 Å². The molecule has 0 saturated carbocycles. The number of nitrogens with one attached hydrogen (secondary N) is 2. The average molecular weight is 547 g/mol. The summed E-state index contributed by atoms with van der Waals surface area (Å²) in [7, 11) is 1.64. The number of methoxy groups -OCH3 is 1. The molecule has 3 rings (SSSR count). The first-order chi connectivity index (χ1) is 19.4. The van der Waals surface area contributed by atoms with Crippen molar-refractivity contribution >= 4 is 11.8 Å². The highest BCUT2D eigenvalue weighted by Gasteiger charge is 2.23. The lowest BCUT2D eigenvalue weighted by Crippen LogP contribution is -2.53. The summed E-state index contributed by atoms with van der Waals surface area (Å²) >= 11 is 0. The molecule has 1 unspecified atom stereocenters. The molecule has 0 bridgehead atoms. The van der Waals surface area contributed by atoms with Gasteiger partial charge in [-0.25, -0.2) is 0 Å². The summed E-state index contributed by atoms with van der Waals surface area (Å²) in [6.45, 7) is 8.40. The van der Waals surface area contributed by atoms with Gasteiger partial charge in [0, 0.05) is 49.4 Å². The second-order valence-corrected chi connectivity index (χ2v) is 9.57. The van der Waals surface area contributed by atoms with Crippen LogP contribution in [0.5, 0.6) is 11.5 Å². The second-order valence-electron chi connectivity index (χ2n) is 9.57. The van der Waals surface area contributed by atoms with Crippen molar-refractivity contribution in [1.82, 2.24) is 15.5 Å². The molecule has 8 heteroatoms. The predicted molar refractivity (Wildman–Crippen MR) is 159 cm³/mol. The number of nitrogens with two attached hydrogens (primary N) is 1. The second kappa shape index (κ2) is 15.6. The number of carbonyl (C=O) groups is 2. The van der Waals surface area contributed by atoms with E-state index < -0.39 is 0 Å². The Morgan fingerprint density at radius 3 is 2.25 bits per heavy atom. The molecule has 4 N–H and O–H groups in total. The molecule has 0 aliphatic carbocycles. The van der Waals surface area contributed by atoms with Crippen LogP contribution in [-0.2, 0) is 13.0 Å². The average Bonchev–Trinajstić information content (AvgIpc) is 2.98. The van der Waals surface area contributed by atoms with E-state index in [0.29, 0.717) is 56.1 Å². The molecule has 0 aliphatic heterocycles. The Balaban J connectivity index is 1.79. The largest absolute Gasteiger partial charge is 0.497 e. The van der Waals surface area contributed by atoms with Crippen LogP contribution in [0.4, 0.5) is 0 Å². The normalized spacial score (nSPS) is 12.3. The molecule has 0 aromatic heterocycles. The van der Waals surface area contributed by atoms with Gasteiger partial charge in [0.25, 0.3) is 11.8 Å². The van der Waals surface area contributed by atoms with Gasteiger partial charge in [-0.15, -0.1) is 0 Å². The van der Waals surface area contributed by atoms with E-state index >= 15 is 0 Å². The fourth-order valence-electron chi connectivity index (χ4n) is 4.53. The van der Waals surface area contributed by atoms with Gasteiger partial charge in [0.15, 0.2) is 0 Å². The summed E-state index contributed by atoms with van der Waals surface area (Å²) in [4.78, 5) is 28.4. The lowest BCUT2D eigenvalue weighted by molar-refractivity contribution is 0.0772. The zero-order chi connectivity index (χ0) is 28.9. The molecule has 8 nitrogen and oxygen atoms in total. The molecule has 0 heterocycles. The molecule has 3 aromatic carbocycles. The van der Waals surface area contributed by atoms with Crippen LogP contribution in [0.25, 0.3) is 0 Å². The maximum absolute atomic E-state index is 13.6. The maximum atomic E-state index is 13.6. The molecule has 3 aromatic rings. The zero-order valence-corrected chi connectivity index (χ0v) is 24.0. The first-order valence-electron chi connectivity index (χ1n) is 13.9. The van der Waals surface area contributed by atoms with Gasteiger partial charge < -0.3 is 30.7 Å². The van der Waals surface area contributed by atoms with E-state index in [1.807, 2.05) is 75.4 Å². The Morgan fingerprint density at radius 1 is 0.875 bits per heavy atom. The number of nitrogens with zero attached hydrogens (tertiary/aromatic N) is 1. The van der Waals surface area contributed by atoms with Crippen LogP contribution < -0.4 is 25.8 Å². The lowest BCUT2D eigenvalue weighted by atomic mass is 9.98. The van der Waals surface area contributed by atoms with Crippen LogP contribution in [-0.4, -0.2) is 62.1 Å². The number of hydrogen-bond donors (Lipinski definition) is 3. The number of hydrogen-bond acceptors (Lipinski definition) is 6. The first kappa shape index (κ1) is 30.7. The van der Waals surface area contributed by atoms with E-state index in [-0.39, 0.29) is 23.9 Å². The van der Waals surface area contributed by atoms with Crippen molar-refractivity contribution in [3.8, 4) is 11.5 Å². The Morgan fingerprint density at radius 2 is 1.57 bits per heavy atom. The summed E-state index contributed by atoms with van der Waals surface area (Å²) < 4.78 is 11.0. The van der Waals surface area contributed by atoms with Crippen LogP contribution >= 0.6 is 0 Å². The van der Waals surface area contributed by atoms with E-state index in [4.69, 9.17) is 15.2 Å². The molecule has 2 amide bonds. The number of benzene rings is 3. The van der Waals surface area contributed by atoms with Gasteiger partial charge in [-0.1, -0.05) is 42.5 Å². The van der Waals surface area contributed by atoms with Gasteiger partial charge in [-0.2, -0.15) is 0 Å². The van der Waals surface area contributed by atoms with Gasteiger partial charge in [0.2, 0.25) is 0 Å². The van der Waals surface area contributed by atoms with Gasteiger partial charge in [-0.3, -0.25) is 9.59 Å². The Hall–Kier alpha value is -3.88. The van der Waals surface area contributed by atoms with Crippen LogP contribution in [0.2, 0.25) is 0 Å². The summed E-state index contributed by atoms with van der Waals surface area (Å²) in [5.41, 5.74) is 9.58. The first-order valence-corrected chi connectivity index (χ1v) is 13.9. The van der Waals surface area contributed by atoms with Crippen molar-refractivity contribution in [3.63, 3.8) is 0 Å². The van der Waals surface area contributed by atoms with Crippen molar-refractivity contribution < 1.29 is 19.1 Å². The third kappa shape index (κ3) is 8.83. The monoisotopic (exact) mass is 546 g/mol. The smallest absolute Gasteiger partial charge is 0.253 e. The van der Waals surface area contributed by atoms with Crippen molar-refractivity contribution in [2.24, 2.45) is 5.73 Å². The SMILES string of the molecule is CCOc1cc(C(=O)N[C@@H](Cc2ccccc2)C(N)CNCc2cccc(OC)c2)cc(C(=O)N(CC)CC)c1. The van der Waals surface area contributed by atoms with Crippen molar-refractivity contribution in [3.05, 3.63) is 95.1 Å². The third-order valence-electron chi connectivity index (χ3n) is 6.75. The Bertz CT molecular complexity index is 1230. The molecule has 40 heavy (non-hydrogen) atoms. The van der Waals surface area contributed by atoms with Crippen LogP contribution in [0, 0.1) is 0 Å². The minimum Gasteiger partial charge on any atom is -0.497 e. The van der Waals surface area contributed by atoms with E-state index in [1.54, 1.807) is 30.2 Å². The fraction of sp³-hybridized carbons (Fsp3) is 0.375. The van der Waals surface area contributed by atoms with Crippen molar-refractivity contribution in [1.29, 1.82) is 0 Å². The van der Waals surface area contributed by atoms with E-state index in [1.165, 1.54) is 0 Å². The summed E-state index contributed by atoms with van der Waals surface area (Å²) in [5, 5.41) is 6.54. The standard InChI is InChI=1S/C32H42N4O4/c1-5-36(6-2)32(38)26-18-25(19-28(20-26)40-7-3)31(37)35-30(17-23-12-9-8-10-13-23)29(33)22-34-21-24-14-11-15-27(16-24)39-4/h8-16,18-20,29-30,34H,5-7,17,21-22,33H2,1-4H3,(H,35,37)/t29?,30-/m0/s1. The zero-order valence-electron chi connectivity index (χ0n) is 24.0. The number of ether oxygens (including phenoxy) is 2. The number of carbonyl (C=O) groups excluding carboxylic acids is 2. The molecular formula is C32H42N4O4.